The third kappa shape index (κ3) is 5.86. The fourth-order valence-corrected chi connectivity index (χ4v) is 2.11. The molecule has 1 saturated heterocycles. The number of ether oxygens (including phenoxy) is 2. The summed E-state index contributed by atoms with van der Waals surface area (Å²) in [5.41, 5.74) is 0. The SMILES string of the molecule is CCCNC1COCC1C(=O)NCCC(O)COC. The predicted octanol–water partition coefficient (Wildman–Crippen LogP) is -0.485. The van der Waals surface area contributed by atoms with Gasteiger partial charge in [0.15, 0.2) is 0 Å². The molecule has 0 saturated carbocycles. The molecule has 112 valence electrons. The number of methoxy groups -OCH3 is 1. The van der Waals surface area contributed by atoms with Crippen molar-refractivity contribution in [2.75, 3.05) is 40.0 Å². The first-order chi connectivity index (χ1) is 9.19. The van der Waals surface area contributed by atoms with Gasteiger partial charge in [0.1, 0.15) is 0 Å². The van der Waals surface area contributed by atoms with Crippen LogP contribution in [-0.4, -0.2) is 63.2 Å². The molecule has 1 aliphatic heterocycles. The summed E-state index contributed by atoms with van der Waals surface area (Å²) < 4.78 is 10.2. The number of amides is 1. The van der Waals surface area contributed by atoms with Crippen LogP contribution in [0, 0.1) is 5.92 Å². The van der Waals surface area contributed by atoms with Gasteiger partial charge in [-0.2, -0.15) is 0 Å². The molecule has 0 aliphatic carbocycles. The lowest BCUT2D eigenvalue weighted by Crippen LogP contribution is -2.44. The molecule has 0 bridgehead atoms. The van der Waals surface area contributed by atoms with Gasteiger partial charge in [0.2, 0.25) is 5.91 Å². The van der Waals surface area contributed by atoms with E-state index in [-0.39, 0.29) is 17.9 Å². The van der Waals surface area contributed by atoms with E-state index >= 15 is 0 Å². The fourth-order valence-electron chi connectivity index (χ4n) is 2.11. The van der Waals surface area contributed by atoms with Crippen molar-refractivity contribution in [1.29, 1.82) is 0 Å². The van der Waals surface area contributed by atoms with Gasteiger partial charge in [-0.05, 0) is 19.4 Å². The van der Waals surface area contributed by atoms with E-state index in [1.165, 1.54) is 0 Å². The summed E-state index contributed by atoms with van der Waals surface area (Å²) in [6.45, 7) is 4.79. The van der Waals surface area contributed by atoms with Gasteiger partial charge in [-0.15, -0.1) is 0 Å². The van der Waals surface area contributed by atoms with Crippen LogP contribution in [0.5, 0.6) is 0 Å². The number of carbonyl (C=O) groups excluding carboxylic acids is 1. The molecule has 19 heavy (non-hydrogen) atoms. The molecule has 3 N–H and O–H groups in total. The zero-order chi connectivity index (χ0) is 14.1. The maximum Gasteiger partial charge on any atom is 0.227 e. The van der Waals surface area contributed by atoms with Gasteiger partial charge in [0.25, 0.3) is 0 Å². The second kappa shape index (κ2) is 9.25. The molecule has 1 rings (SSSR count). The summed E-state index contributed by atoms with van der Waals surface area (Å²) in [4.78, 5) is 12.0. The van der Waals surface area contributed by atoms with Gasteiger partial charge in [0, 0.05) is 19.7 Å². The second-order valence-electron chi connectivity index (χ2n) is 4.89. The molecule has 0 aromatic carbocycles. The van der Waals surface area contributed by atoms with Crippen molar-refractivity contribution in [1.82, 2.24) is 10.6 Å². The zero-order valence-corrected chi connectivity index (χ0v) is 11.9. The zero-order valence-electron chi connectivity index (χ0n) is 11.9. The highest BCUT2D eigenvalue weighted by atomic mass is 16.5. The number of carbonyl (C=O) groups is 1. The average molecular weight is 274 g/mol. The summed E-state index contributed by atoms with van der Waals surface area (Å²) in [6, 6.07) is 0.101. The van der Waals surface area contributed by atoms with Crippen LogP contribution in [-0.2, 0) is 14.3 Å². The second-order valence-corrected chi connectivity index (χ2v) is 4.89. The van der Waals surface area contributed by atoms with Crippen LogP contribution < -0.4 is 10.6 Å². The molecular formula is C13H26N2O4. The van der Waals surface area contributed by atoms with E-state index in [9.17, 15) is 9.90 Å². The first kappa shape index (κ1) is 16.4. The topological polar surface area (TPSA) is 79.8 Å². The van der Waals surface area contributed by atoms with Crippen molar-refractivity contribution in [2.45, 2.75) is 31.9 Å². The Bertz CT molecular complexity index is 263. The Morgan fingerprint density at radius 3 is 2.95 bits per heavy atom. The third-order valence-electron chi connectivity index (χ3n) is 3.21. The minimum absolute atomic E-state index is 0.00396. The van der Waals surface area contributed by atoms with Gasteiger partial charge in [-0.1, -0.05) is 6.92 Å². The molecule has 1 aliphatic rings. The Labute approximate surface area is 114 Å². The molecule has 1 heterocycles. The van der Waals surface area contributed by atoms with Crippen molar-refractivity contribution < 1.29 is 19.4 Å². The van der Waals surface area contributed by atoms with E-state index in [0.717, 1.165) is 13.0 Å². The van der Waals surface area contributed by atoms with Gasteiger partial charge in [-0.25, -0.2) is 0 Å². The van der Waals surface area contributed by atoms with Crippen molar-refractivity contribution in [3.05, 3.63) is 0 Å². The molecule has 0 spiro atoms. The Hall–Kier alpha value is -0.690. The molecule has 3 atom stereocenters. The van der Waals surface area contributed by atoms with Gasteiger partial charge in [0.05, 0.1) is 31.8 Å². The lowest BCUT2D eigenvalue weighted by atomic mass is 10.0. The minimum Gasteiger partial charge on any atom is -0.391 e. The maximum atomic E-state index is 12.0. The number of rotatable bonds is 9. The molecule has 6 heteroatoms. The van der Waals surface area contributed by atoms with Crippen LogP contribution in [0.3, 0.4) is 0 Å². The first-order valence-corrected chi connectivity index (χ1v) is 6.94. The summed E-state index contributed by atoms with van der Waals surface area (Å²) in [5.74, 6) is -0.137. The van der Waals surface area contributed by atoms with Crippen molar-refractivity contribution in [3.63, 3.8) is 0 Å². The van der Waals surface area contributed by atoms with Crippen LogP contribution >= 0.6 is 0 Å². The smallest absolute Gasteiger partial charge is 0.227 e. The molecule has 1 fully saturated rings. The molecule has 0 radical (unpaired) electrons. The van der Waals surface area contributed by atoms with Crippen LogP contribution in [0.1, 0.15) is 19.8 Å². The molecule has 1 amide bonds. The summed E-state index contributed by atoms with van der Waals surface area (Å²) in [6.07, 6.45) is 1.01. The number of hydrogen-bond acceptors (Lipinski definition) is 5. The number of hydrogen-bond donors (Lipinski definition) is 3. The number of aliphatic hydroxyl groups excluding tert-OH is 1. The largest absolute Gasteiger partial charge is 0.391 e. The van der Waals surface area contributed by atoms with Crippen LogP contribution in [0.15, 0.2) is 0 Å². The number of aliphatic hydroxyl groups is 1. The Kier molecular flexibility index (Phi) is 7.97. The Morgan fingerprint density at radius 2 is 2.26 bits per heavy atom. The average Bonchev–Trinajstić information content (AvgIpc) is 2.84. The first-order valence-electron chi connectivity index (χ1n) is 6.94. The highest BCUT2D eigenvalue weighted by Crippen LogP contribution is 2.13. The number of nitrogens with one attached hydrogen (secondary N) is 2. The lowest BCUT2D eigenvalue weighted by molar-refractivity contribution is -0.125. The van der Waals surface area contributed by atoms with Gasteiger partial charge in [-0.3, -0.25) is 4.79 Å². The van der Waals surface area contributed by atoms with E-state index in [4.69, 9.17) is 9.47 Å². The maximum absolute atomic E-state index is 12.0. The van der Waals surface area contributed by atoms with Crippen LogP contribution in [0.4, 0.5) is 0 Å². The Balaban J connectivity index is 2.24. The van der Waals surface area contributed by atoms with E-state index < -0.39 is 6.10 Å². The third-order valence-corrected chi connectivity index (χ3v) is 3.21. The summed E-state index contributed by atoms with van der Waals surface area (Å²) in [7, 11) is 1.54. The highest BCUT2D eigenvalue weighted by Gasteiger charge is 2.33. The van der Waals surface area contributed by atoms with E-state index in [0.29, 0.717) is 32.8 Å². The Morgan fingerprint density at radius 1 is 1.47 bits per heavy atom. The minimum atomic E-state index is -0.529. The standard InChI is InChI=1S/C13H26N2O4/c1-3-5-14-12-9-19-8-11(12)13(17)15-6-4-10(16)7-18-2/h10-12,14,16H,3-9H2,1-2H3,(H,15,17). The van der Waals surface area contributed by atoms with Crippen molar-refractivity contribution >= 4 is 5.91 Å². The highest BCUT2D eigenvalue weighted by molar-refractivity contribution is 5.79. The monoisotopic (exact) mass is 274 g/mol. The molecular weight excluding hydrogens is 248 g/mol. The predicted molar refractivity (Wildman–Crippen MR) is 71.9 cm³/mol. The van der Waals surface area contributed by atoms with Crippen LogP contribution in [0.25, 0.3) is 0 Å². The summed E-state index contributed by atoms with van der Waals surface area (Å²) in [5, 5.41) is 15.7. The molecule has 0 aromatic heterocycles. The molecule has 3 unspecified atom stereocenters. The van der Waals surface area contributed by atoms with E-state index in [1.807, 2.05) is 0 Å². The fraction of sp³-hybridized carbons (Fsp3) is 0.923. The van der Waals surface area contributed by atoms with E-state index in [2.05, 4.69) is 17.6 Å². The lowest BCUT2D eigenvalue weighted by Gasteiger charge is -2.18. The van der Waals surface area contributed by atoms with Gasteiger partial charge >= 0.3 is 0 Å². The van der Waals surface area contributed by atoms with Crippen molar-refractivity contribution in [3.8, 4) is 0 Å². The quantitative estimate of drug-likeness (QED) is 0.529. The molecule has 0 aromatic rings. The van der Waals surface area contributed by atoms with Crippen LogP contribution in [0.2, 0.25) is 0 Å². The van der Waals surface area contributed by atoms with Crippen molar-refractivity contribution in [2.24, 2.45) is 5.92 Å². The van der Waals surface area contributed by atoms with E-state index in [1.54, 1.807) is 7.11 Å². The van der Waals surface area contributed by atoms with Gasteiger partial charge < -0.3 is 25.2 Å². The molecule has 6 nitrogen and oxygen atoms in total. The normalized spacial score (nSPS) is 24.4. The summed E-state index contributed by atoms with van der Waals surface area (Å²) >= 11 is 0.